The molecule has 1 amide bonds. The number of rotatable bonds is 8. The number of benzene rings is 1. The molecule has 1 aromatic carbocycles. The van der Waals surface area contributed by atoms with Gasteiger partial charge in [-0.2, -0.15) is 0 Å². The van der Waals surface area contributed by atoms with Crippen molar-refractivity contribution in [3.8, 4) is 5.75 Å². The third-order valence-corrected chi connectivity index (χ3v) is 6.00. The van der Waals surface area contributed by atoms with Crippen LogP contribution in [0.25, 0.3) is 0 Å². The van der Waals surface area contributed by atoms with Crippen molar-refractivity contribution >= 4 is 28.8 Å². The molecule has 10 heteroatoms. The molecule has 0 aliphatic carbocycles. The number of nitrogens with two attached hydrogens (primary N) is 1. The number of nitrogens with one attached hydrogen (secondary N) is 1. The van der Waals surface area contributed by atoms with E-state index in [0.717, 1.165) is 5.56 Å². The molecular weight excluding hydrogens is 459 g/mol. The van der Waals surface area contributed by atoms with Gasteiger partial charge < -0.3 is 30.2 Å². The number of halogens is 1. The van der Waals surface area contributed by atoms with E-state index in [1.165, 1.54) is 11.0 Å². The van der Waals surface area contributed by atoms with Crippen LogP contribution < -0.4 is 20.7 Å². The Kier molecular flexibility index (Phi) is 7.71. The summed E-state index contributed by atoms with van der Waals surface area (Å²) in [6.07, 6.45) is 3.67. The number of aromatic nitrogens is 1. The molecule has 1 saturated heterocycles. The van der Waals surface area contributed by atoms with Crippen LogP contribution >= 0.6 is 12.2 Å². The number of hydrogen-bond acceptors (Lipinski definition) is 7. The van der Waals surface area contributed by atoms with Gasteiger partial charge in [-0.25, -0.2) is 4.39 Å². The van der Waals surface area contributed by atoms with E-state index in [2.05, 4.69) is 10.3 Å². The minimum Gasteiger partial charge on any atom is -0.489 e. The minimum absolute atomic E-state index is 0.00750. The third kappa shape index (κ3) is 5.35. The molecular formula is C24H27FN4O4S. The summed E-state index contributed by atoms with van der Waals surface area (Å²) in [6, 6.07) is 6.51. The fourth-order valence-corrected chi connectivity index (χ4v) is 4.18. The molecule has 0 saturated carbocycles. The van der Waals surface area contributed by atoms with E-state index in [1.54, 1.807) is 31.5 Å². The SMILES string of the molecule is Cc1c(F)cccc1N1CCC(NCc2ccncc2OCC2COCCO2)=C(C(N)=S)C1=O. The summed E-state index contributed by atoms with van der Waals surface area (Å²) in [7, 11) is 0. The number of carbonyl (C=O) groups is 1. The van der Waals surface area contributed by atoms with Gasteiger partial charge in [0.1, 0.15) is 29.3 Å². The van der Waals surface area contributed by atoms with Crippen molar-refractivity contribution in [2.75, 3.05) is 37.9 Å². The lowest BCUT2D eigenvalue weighted by Gasteiger charge is -2.31. The first kappa shape index (κ1) is 24.1. The lowest BCUT2D eigenvalue weighted by Crippen LogP contribution is -2.43. The molecule has 3 heterocycles. The van der Waals surface area contributed by atoms with Gasteiger partial charge in [-0.05, 0) is 25.1 Å². The van der Waals surface area contributed by atoms with Crippen LogP contribution in [0.1, 0.15) is 17.5 Å². The van der Waals surface area contributed by atoms with Gasteiger partial charge in [0.05, 0.1) is 31.6 Å². The third-order valence-electron chi connectivity index (χ3n) is 5.79. The highest BCUT2D eigenvalue weighted by Gasteiger charge is 2.31. The smallest absolute Gasteiger partial charge is 0.263 e. The molecule has 2 aliphatic rings. The number of pyridine rings is 1. The average Bonchev–Trinajstić information content (AvgIpc) is 2.84. The van der Waals surface area contributed by atoms with Gasteiger partial charge in [0.25, 0.3) is 5.91 Å². The average molecular weight is 487 g/mol. The summed E-state index contributed by atoms with van der Waals surface area (Å²) in [5, 5.41) is 3.30. The molecule has 34 heavy (non-hydrogen) atoms. The Morgan fingerprint density at radius 3 is 3.00 bits per heavy atom. The van der Waals surface area contributed by atoms with E-state index in [9.17, 15) is 9.18 Å². The Hall–Kier alpha value is -3.08. The Morgan fingerprint density at radius 1 is 1.38 bits per heavy atom. The van der Waals surface area contributed by atoms with Crippen LogP contribution in [0, 0.1) is 12.7 Å². The maximum Gasteiger partial charge on any atom is 0.263 e. The van der Waals surface area contributed by atoms with Crippen LogP contribution in [-0.4, -0.2) is 55.0 Å². The van der Waals surface area contributed by atoms with Gasteiger partial charge in [-0.3, -0.25) is 9.78 Å². The molecule has 0 spiro atoms. The molecule has 1 fully saturated rings. The second-order valence-corrected chi connectivity index (χ2v) is 8.46. The summed E-state index contributed by atoms with van der Waals surface area (Å²) in [6.45, 7) is 4.37. The molecule has 0 radical (unpaired) electrons. The lowest BCUT2D eigenvalue weighted by molar-refractivity contribution is -0.115. The normalized spacial score (nSPS) is 18.7. The van der Waals surface area contributed by atoms with E-state index in [1.807, 2.05) is 6.07 Å². The molecule has 8 nitrogen and oxygen atoms in total. The van der Waals surface area contributed by atoms with E-state index < -0.39 is 0 Å². The van der Waals surface area contributed by atoms with Gasteiger partial charge >= 0.3 is 0 Å². The van der Waals surface area contributed by atoms with Crippen LogP contribution in [0.2, 0.25) is 0 Å². The highest BCUT2D eigenvalue weighted by molar-refractivity contribution is 7.80. The standard InChI is InChI=1S/C24H27FN4O4S/c1-15-18(25)3-2-4-20(15)29-8-6-19(22(23(26)34)24(29)30)28-11-16-5-7-27-12-21(16)33-14-17-13-31-9-10-32-17/h2-5,7,12,17,28H,6,8-11,13-14H2,1H3,(H2,26,34). The Morgan fingerprint density at radius 2 is 2.24 bits per heavy atom. The van der Waals surface area contributed by atoms with Gasteiger partial charge in [-0.1, -0.05) is 18.3 Å². The molecule has 2 aromatic rings. The number of anilines is 1. The van der Waals surface area contributed by atoms with Crippen molar-refractivity contribution < 1.29 is 23.4 Å². The second kappa shape index (κ2) is 10.9. The van der Waals surface area contributed by atoms with Gasteiger partial charge in [-0.15, -0.1) is 0 Å². The molecule has 3 N–H and O–H groups in total. The second-order valence-electron chi connectivity index (χ2n) is 8.02. The van der Waals surface area contributed by atoms with Crippen molar-refractivity contribution in [2.24, 2.45) is 5.73 Å². The van der Waals surface area contributed by atoms with E-state index in [4.69, 9.17) is 32.2 Å². The van der Waals surface area contributed by atoms with Gasteiger partial charge in [0.15, 0.2) is 0 Å². The maximum absolute atomic E-state index is 14.1. The van der Waals surface area contributed by atoms with Crippen molar-refractivity contribution in [1.29, 1.82) is 0 Å². The molecule has 0 bridgehead atoms. The maximum atomic E-state index is 14.1. The van der Waals surface area contributed by atoms with Crippen molar-refractivity contribution in [2.45, 2.75) is 26.0 Å². The van der Waals surface area contributed by atoms with Crippen molar-refractivity contribution in [3.63, 3.8) is 0 Å². The number of ether oxygens (including phenoxy) is 3. The van der Waals surface area contributed by atoms with Crippen LogP contribution in [-0.2, 0) is 20.8 Å². The molecule has 1 aromatic heterocycles. The lowest BCUT2D eigenvalue weighted by atomic mass is 10.0. The Labute approximate surface area is 202 Å². The molecule has 1 atom stereocenters. The first-order valence-electron chi connectivity index (χ1n) is 11.0. The zero-order valence-corrected chi connectivity index (χ0v) is 19.7. The zero-order chi connectivity index (χ0) is 24.1. The van der Waals surface area contributed by atoms with Crippen LogP contribution in [0.5, 0.6) is 5.75 Å². The summed E-state index contributed by atoms with van der Waals surface area (Å²) >= 11 is 5.20. The number of carbonyl (C=O) groups excluding carboxylic acids is 1. The van der Waals surface area contributed by atoms with Crippen LogP contribution in [0.3, 0.4) is 0 Å². The molecule has 180 valence electrons. The van der Waals surface area contributed by atoms with Gasteiger partial charge in [0, 0.05) is 48.2 Å². The predicted molar refractivity (Wildman–Crippen MR) is 129 cm³/mol. The minimum atomic E-state index is -0.370. The number of nitrogens with zero attached hydrogens (tertiary/aromatic N) is 2. The Bertz CT molecular complexity index is 1100. The predicted octanol–water partition coefficient (Wildman–Crippen LogP) is 2.39. The van der Waals surface area contributed by atoms with Crippen LogP contribution in [0.15, 0.2) is 47.9 Å². The van der Waals surface area contributed by atoms with Crippen molar-refractivity contribution in [3.05, 3.63) is 64.9 Å². The van der Waals surface area contributed by atoms with Crippen molar-refractivity contribution in [1.82, 2.24) is 10.3 Å². The summed E-state index contributed by atoms with van der Waals surface area (Å²) in [5.41, 5.74) is 8.59. The highest BCUT2D eigenvalue weighted by atomic mass is 32.1. The number of amides is 1. The van der Waals surface area contributed by atoms with E-state index in [-0.39, 0.29) is 28.4 Å². The summed E-state index contributed by atoms with van der Waals surface area (Å²) < 4.78 is 31.0. The first-order chi connectivity index (χ1) is 16.5. The highest BCUT2D eigenvalue weighted by Crippen LogP contribution is 2.29. The fraction of sp³-hybridized carbons (Fsp3) is 0.375. The topological polar surface area (TPSA) is 98.9 Å². The van der Waals surface area contributed by atoms with E-state index in [0.29, 0.717) is 68.6 Å². The molecule has 2 aliphatic heterocycles. The largest absolute Gasteiger partial charge is 0.489 e. The van der Waals surface area contributed by atoms with Crippen LogP contribution in [0.4, 0.5) is 10.1 Å². The number of hydrogen-bond donors (Lipinski definition) is 2. The summed E-state index contributed by atoms with van der Waals surface area (Å²) in [5.74, 6) is -0.109. The zero-order valence-electron chi connectivity index (χ0n) is 18.9. The number of thiocarbonyl (C=S) groups is 1. The Balaban J connectivity index is 1.49. The quantitative estimate of drug-likeness (QED) is 0.549. The first-order valence-corrected chi connectivity index (χ1v) is 11.5. The fourth-order valence-electron chi connectivity index (χ4n) is 3.97. The summed E-state index contributed by atoms with van der Waals surface area (Å²) in [4.78, 5) is 18.9. The molecule has 1 unspecified atom stereocenters. The molecule has 4 rings (SSSR count). The monoisotopic (exact) mass is 486 g/mol. The van der Waals surface area contributed by atoms with E-state index >= 15 is 0 Å². The van der Waals surface area contributed by atoms with Gasteiger partial charge in [0.2, 0.25) is 0 Å².